The summed E-state index contributed by atoms with van der Waals surface area (Å²) in [6.07, 6.45) is 0.781. The van der Waals surface area contributed by atoms with Gasteiger partial charge in [-0.1, -0.05) is 6.58 Å². The van der Waals surface area contributed by atoms with Crippen molar-refractivity contribution < 1.29 is 5.21 Å². The first-order chi connectivity index (χ1) is 4.16. The van der Waals surface area contributed by atoms with Crippen molar-refractivity contribution in [1.82, 2.24) is 10.4 Å². The highest BCUT2D eigenvalue weighted by Crippen LogP contribution is 1.91. The molecule has 0 amide bonds. The SMILES string of the molecule is C=C(CCN(C)O)NC. The molecule has 54 valence electrons. The first kappa shape index (κ1) is 8.46. The lowest BCUT2D eigenvalue weighted by molar-refractivity contribution is -0.0636. The third kappa shape index (κ3) is 5.33. The van der Waals surface area contributed by atoms with Crippen molar-refractivity contribution in [3.8, 4) is 0 Å². The molecule has 3 nitrogen and oxygen atoms in total. The van der Waals surface area contributed by atoms with Crippen LogP contribution < -0.4 is 5.32 Å². The predicted octanol–water partition coefficient (Wildman–Crippen LogP) is 0.431. The van der Waals surface area contributed by atoms with Crippen LogP contribution in [0.25, 0.3) is 0 Å². The molecule has 0 saturated heterocycles. The maximum absolute atomic E-state index is 8.66. The number of rotatable bonds is 4. The van der Waals surface area contributed by atoms with Crippen molar-refractivity contribution in [1.29, 1.82) is 0 Å². The van der Waals surface area contributed by atoms with Crippen LogP contribution in [0.5, 0.6) is 0 Å². The average Bonchev–Trinajstić information content (AvgIpc) is 1.83. The molecular formula is C6H14N2O. The van der Waals surface area contributed by atoms with Crippen molar-refractivity contribution in [2.24, 2.45) is 0 Å². The van der Waals surface area contributed by atoms with Crippen LogP contribution in [0.4, 0.5) is 0 Å². The van der Waals surface area contributed by atoms with Crippen LogP contribution in [0.1, 0.15) is 6.42 Å². The molecule has 0 heterocycles. The zero-order valence-electron chi connectivity index (χ0n) is 6.02. The van der Waals surface area contributed by atoms with Gasteiger partial charge in [-0.3, -0.25) is 0 Å². The lowest BCUT2D eigenvalue weighted by Crippen LogP contribution is -2.17. The number of nitrogens with zero attached hydrogens (tertiary/aromatic N) is 1. The summed E-state index contributed by atoms with van der Waals surface area (Å²) in [5.41, 5.74) is 0.941. The van der Waals surface area contributed by atoms with Crippen LogP contribution in [0.3, 0.4) is 0 Å². The van der Waals surface area contributed by atoms with Crippen LogP contribution in [0.2, 0.25) is 0 Å². The summed E-state index contributed by atoms with van der Waals surface area (Å²) in [5.74, 6) is 0. The first-order valence-corrected chi connectivity index (χ1v) is 2.92. The molecule has 0 aliphatic heterocycles. The van der Waals surface area contributed by atoms with E-state index in [1.807, 2.05) is 7.05 Å². The quantitative estimate of drug-likeness (QED) is 0.542. The Morgan fingerprint density at radius 1 is 1.78 bits per heavy atom. The summed E-state index contributed by atoms with van der Waals surface area (Å²) in [7, 11) is 3.43. The molecule has 0 atom stereocenters. The Kier molecular flexibility index (Phi) is 4.09. The summed E-state index contributed by atoms with van der Waals surface area (Å²) in [5, 5.41) is 12.7. The second kappa shape index (κ2) is 4.35. The van der Waals surface area contributed by atoms with Crippen LogP contribution >= 0.6 is 0 Å². The van der Waals surface area contributed by atoms with Gasteiger partial charge in [0, 0.05) is 32.8 Å². The summed E-state index contributed by atoms with van der Waals surface area (Å²) in [6, 6.07) is 0. The van der Waals surface area contributed by atoms with E-state index >= 15 is 0 Å². The van der Waals surface area contributed by atoms with Gasteiger partial charge >= 0.3 is 0 Å². The van der Waals surface area contributed by atoms with E-state index in [0.29, 0.717) is 6.54 Å². The van der Waals surface area contributed by atoms with Crippen LogP contribution in [-0.2, 0) is 0 Å². The molecule has 0 spiro atoms. The molecule has 2 N–H and O–H groups in total. The molecule has 0 aliphatic rings. The van der Waals surface area contributed by atoms with Gasteiger partial charge in [0.1, 0.15) is 0 Å². The van der Waals surface area contributed by atoms with Crippen LogP contribution in [0.15, 0.2) is 12.3 Å². The standard InChI is InChI=1S/C6H14N2O/c1-6(7-2)4-5-8(3)9/h7,9H,1,4-5H2,2-3H3. The predicted molar refractivity (Wildman–Crippen MR) is 37.2 cm³/mol. The van der Waals surface area contributed by atoms with E-state index in [1.54, 1.807) is 7.05 Å². The van der Waals surface area contributed by atoms with E-state index < -0.39 is 0 Å². The summed E-state index contributed by atoms with van der Waals surface area (Å²) in [4.78, 5) is 0. The van der Waals surface area contributed by atoms with Gasteiger partial charge < -0.3 is 10.5 Å². The van der Waals surface area contributed by atoms with E-state index in [2.05, 4.69) is 11.9 Å². The molecule has 0 aromatic rings. The second-order valence-corrected chi connectivity index (χ2v) is 1.98. The topological polar surface area (TPSA) is 35.5 Å². The van der Waals surface area contributed by atoms with Gasteiger partial charge in [0.15, 0.2) is 0 Å². The molecule has 3 heteroatoms. The number of nitrogens with one attached hydrogen (secondary N) is 1. The maximum atomic E-state index is 8.66. The zero-order valence-corrected chi connectivity index (χ0v) is 6.02. The minimum Gasteiger partial charge on any atom is -0.392 e. The fourth-order valence-corrected chi connectivity index (χ4v) is 0.422. The Morgan fingerprint density at radius 2 is 2.33 bits per heavy atom. The van der Waals surface area contributed by atoms with Crippen LogP contribution in [-0.4, -0.2) is 30.9 Å². The average molecular weight is 130 g/mol. The van der Waals surface area contributed by atoms with E-state index in [1.165, 1.54) is 0 Å². The van der Waals surface area contributed by atoms with Gasteiger partial charge in [-0.15, -0.1) is 0 Å². The molecule has 0 radical (unpaired) electrons. The number of hydrogen-bond donors (Lipinski definition) is 2. The minimum atomic E-state index is 0.625. The van der Waals surface area contributed by atoms with E-state index in [-0.39, 0.29) is 0 Å². The Balaban J connectivity index is 3.17. The fourth-order valence-electron chi connectivity index (χ4n) is 0.422. The Morgan fingerprint density at radius 3 is 2.67 bits per heavy atom. The lowest BCUT2D eigenvalue weighted by atomic mass is 10.3. The van der Waals surface area contributed by atoms with Crippen molar-refractivity contribution in [2.45, 2.75) is 6.42 Å². The molecule has 9 heavy (non-hydrogen) atoms. The molecular weight excluding hydrogens is 116 g/mol. The van der Waals surface area contributed by atoms with Gasteiger partial charge in [-0.25, -0.2) is 0 Å². The monoisotopic (exact) mass is 130 g/mol. The fraction of sp³-hybridized carbons (Fsp3) is 0.667. The Hall–Kier alpha value is -0.540. The summed E-state index contributed by atoms with van der Waals surface area (Å²) >= 11 is 0. The Labute approximate surface area is 55.9 Å². The number of hydroxylamine groups is 2. The summed E-state index contributed by atoms with van der Waals surface area (Å²) in [6.45, 7) is 4.32. The highest BCUT2D eigenvalue weighted by Gasteiger charge is 1.92. The molecule has 0 bridgehead atoms. The molecule has 0 unspecified atom stereocenters. The van der Waals surface area contributed by atoms with Gasteiger partial charge in [-0.05, 0) is 0 Å². The third-order valence-corrected chi connectivity index (χ3v) is 1.09. The zero-order chi connectivity index (χ0) is 7.28. The molecule has 0 aromatic heterocycles. The molecule has 0 saturated carbocycles. The van der Waals surface area contributed by atoms with E-state index in [0.717, 1.165) is 17.2 Å². The molecule has 0 fully saturated rings. The highest BCUT2D eigenvalue weighted by molar-refractivity contribution is 4.89. The van der Waals surface area contributed by atoms with Crippen LogP contribution in [0, 0.1) is 0 Å². The number of hydrogen-bond acceptors (Lipinski definition) is 3. The normalized spacial score (nSPS) is 9.78. The second-order valence-electron chi connectivity index (χ2n) is 1.98. The van der Waals surface area contributed by atoms with Crippen molar-refractivity contribution in [3.05, 3.63) is 12.3 Å². The van der Waals surface area contributed by atoms with Crippen molar-refractivity contribution in [3.63, 3.8) is 0 Å². The van der Waals surface area contributed by atoms with Gasteiger partial charge in [0.05, 0.1) is 0 Å². The molecule has 0 aliphatic carbocycles. The maximum Gasteiger partial charge on any atom is 0.0289 e. The van der Waals surface area contributed by atoms with E-state index in [4.69, 9.17) is 5.21 Å². The van der Waals surface area contributed by atoms with E-state index in [9.17, 15) is 0 Å². The molecule has 0 aromatic carbocycles. The Bertz CT molecular complexity index is 91.1. The van der Waals surface area contributed by atoms with Crippen molar-refractivity contribution >= 4 is 0 Å². The highest BCUT2D eigenvalue weighted by atomic mass is 16.5. The van der Waals surface area contributed by atoms with Gasteiger partial charge in [0.25, 0.3) is 0 Å². The lowest BCUT2D eigenvalue weighted by Gasteiger charge is -2.08. The largest absolute Gasteiger partial charge is 0.392 e. The van der Waals surface area contributed by atoms with Crippen molar-refractivity contribution in [2.75, 3.05) is 20.6 Å². The smallest absolute Gasteiger partial charge is 0.0289 e. The van der Waals surface area contributed by atoms with Gasteiger partial charge in [0.2, 0.25) is 0 Å². The van der Waals surface area contributed by atoms with Gasteiger partial charge in [-0.2, -0.15) is 5.06 Å². The minimum absolute atomic E-state index is 0.625. The summed E-state index contributed by atoms with van der Waals surface area (Å²) < 4.78 is 0. The first-order valence-electron chi connectivity index (χ1n) is 2.92. The molecule has 0 rings (SSSR count). The third-order valence-electron chi connectivity index (χ3n) is 1.09.